The lowest BCUT2D eigenvalue weighted by Crippen LogP contribution is -2.47. The van der Waals surface area contributed by atoms with Gasteiger partial charge < -0.3 is 16.0 Å². The summed E-state index contributed by atoms with van der Waals surface area (Å²) in [5.41, 5.74) is 5.32. The number of primary amides is 1. The molecule has 104 valence electrons. The van der Waals surface area contributed by atoms with Crippen LogP contribution in [0.2, 0.25) is 0 Å². The first-order valence-electron chi connectivity index (χ1n) is 6.47. The van der Waals surface area contributed by atoms with Crippen LogP contribution in [-0.4, -0.2) is 42.9 Å². The summed E-state index contributed by atoms with van der Waals surface area (Å²) in [4.78, 5) is 25.3. The number of rotatable bonds is 2. The van der Waals surface area contributed by atoms with Crippen molar-refractivity contribution in [2.75, 3.05) is 26.2 Å². The highest BCUT2D eigenvalue weighted by Gasteiger charge is 2.31. The van der Waals surface area contributed by atoms with Gasteiger partial charge in [0.25, 0.3) is 0 Å². The molecule has 2 amide bonds. The van der Waals surface area contributed by atoms with Crippen molar-refractivity contribution >= 4 is 24.2 Å². The van der Waals surface area contributed by atoms with Crippen LogP contribution in [0.5, 0.6) is 0 Å². The molecule has 0 bridgehead atoms. The van der Waals surface area contributed by atoms with Gasteiger partial charge >= 0.3 is 0 Å². The first-order chi connectivity index (χ1) is 8.18. The van der Waals surface area contributed by atoms with Crippen LogP contribution in [0.15, 0.2) is 0 Å². The van der Waals surface area contributed by atoms with Gasteiger partial charge in [-0.1, -0.05) is 0 Å². The predicted molar refractivity (Wildman–Crippen MR) is 71.3 cm³/mol. The van der Waals surface area contributed by atoms with E-state index >= 15 is 0 Å². The molecule has 2 aliphatic heterocycles. The molecule has 5 nitrogen and oxygen atoms in total. The van der Waals surface area contributed by atoms with Gasteiger partial charge in [0, 0.05) is 19.0 Å². The molecule has 3 N–H and O–H groups in total. The lowest BCUT2D eigenvalue weighted by atomic mass is 9.92. The van der Waals surface area contributed by atoms with Crippen LogP contribution in [0.3, 0.4) is 0 Å². The molecule has 2 aliphatic rings. The number of halogens is 1. The van der Waals surface area contributed by atoms with Crippen LogP contribution in [0, 0.1) is 11.8 Å². The molecule has 18 heavy (non-hydrogen) atoms. The summed E-state index contributed by atoms with van der Waals surface area (Å²) >= 11 is 0. The quantitative estimate of drug-likeness (QED) is 0.752. The SMILES string of the molecule is Cl.NC(=O)C1CCCN(C(=O)C2CCNCC2)C1. The Labute approximate surface area is 114 Å². The summed E-state index contributed by atoms with van der Waals surface area (Å²) in [6.45, 7) is 3.15. The molecule has 0 aromatic carbocycles. The van der Waals surface area contributed by atoms with E-state index in [2.05, 4.69) is 5.32 Å². The Morgan fingerprint density at radius 1 is 1.11 bits per heavy atom. The molecule has 0 radical (unpaired) electrons. The fourth-order valence-electron chi connectivity index (χ4n) is 2.74. The van der Waals surface area contributed by atoms with Crippen molar-refractivity contribution in [3.8, 4) is 0 Å². The average Bonchev–Trinajstić information content (AvgIpc) is 2.39. The van der Waals surface area contributed by atoms with Crippen molar-refractivity contribution in [3.05, 3.63) is 0 Å². The van der Waals surface area contributed by atoms with E-state index in [4.69, 9.17) is 5.73 Å². The minimum atomic E-state index is -0.271. The van der Waals surface area contributed by atoms with E-state index in [1.165, 1.54) is 0 Å². The Morgan fingerprint density at radius 3 is 2.39 bits per heavy atom. The van der Waals surface area contributed by atoms with Gasteiger partial charge in [-0.15, -0.1) is 12.4 Å². The van der Waals surface area contributed by atoms with Crippen molar-refractivity contribution < 1.29 is 9.59 Å². The lowest BCUT2D eigenvalue weighted by molar-refractivity contribution is -0.139. The van der Waals surface area contributed by atoms with E-state index in [9.17, 15) is 9.59 Å². The molecule has 2 heterocycles. The zero-order valence-corrected chi connectivity index (χ0v) is 11.4. The molecule has 2 rings (SSSR count). The third-order valence-electron chi connectivity index (χ3n) is 3.82. The van der Waals surface area contributed by atoms with Gasteiger partial charge in [0.15, 0.2) is 0 Å². The second-order valence-corrected chi connectivity index (χ2v) is 5.05. The van der Waals surface area contributed by atoms with E-state index in [0.29, 0.717) is 6.54 Å². The molecule has 1 atom stereocenters. The molecular weight excluding hydrogens is 254 g/mol. The van der Waals surface area contributed by atoms with Crippen molar-refractivity contribution in [3.63, 3.8) is 0 Å². The largest absolute Gasteiger partial charge is 0.369 e. The summed E-state index contributed by atoms with van der Waals surface area (Å²) in [5.74, 6) is -0.0532. The smallest absolute Gasteiger partial charge is 0.225 e. The third-order valence-corrected chi connectivity index (χ3v) is 3.82. The van der Waals surface area contributed by atoms with E-state index < -0.39 is 0 Å². The maximum Gasteiger partial charge on any atom is 0.225 e. The van der Waals surface area contributed by atoms with Crippen LogP contribution in [0.25, 0.3) is 0 Å². The molecule has 0 saturated carbocycles. The highest BCUT2D eigenvalue weighted by molar-refractivity contribution is 5.85. The fourth-order valence-corrected chi connectivity index (χ4v) is 2.74. The topological polar surface area (TPSA) is 75.4 Å². The second-order valence-electron chi connectivity index (χ2n) is 5.05. The number of nitrogens with zero attached hydrogens (tertiary/aromatic N) is 1. The predicted octanol–water partition coefficient (Wildman–Crippen LogP) is 0.132. The molecule has 2 saturated heterocycles. The third kappa shape index (κ3) is 3.59. The second kappa shape index (κ2) is 6.95. The summed E-state index contributed by atoms with van der Waals surface area (Å²) in [6, 6.07) is 0. The van der Waals surface area contributed by atoms with Crippen LogP contribution < -0.4 is 11.1 Å². The van der Waals surface area contributed by atoms with Gasteiger partial charge in [-0.05, 0) is 38.8 Å². The van der Waals surface area contributed by atoms with Crippen molar-refractivity contribution in [2.24, 2.45) is 17.6 Å². The maximum atomic E-state index is 12.3. The Kier molecular flexibility index (Phi) is 5.88. The Hall–Kier alpha value is -0.810. The summed E-state index contributed by atoms with van der Waals surface area (Å²) < 4.78 is 0. The Balaban J connectivity index is 0.00000162. The minimum absolute atomic E-state index is 0. The van der Waals surface area contributed by atoms with E-state index in [1.54, 1.807) is 0 Å². The number of piperidine rings is 2. The van der Waals surface area contributed by atoms with Crippen LogP contribution in [0.1, 0.15) is 25.7 Å². The van der Waals surface area contributed by atoms with Crippen molar-refractivity contribution in [1.82, 2.24) is 10.2 Å². The van der Waals surface area contributed by atoms with Crippen LogP contribution in [-0.2, 0) is 9.59 Å². The molecule has 6 heteroatoms. The number of likely N-dealkylation sites (tertiary alicyclic amines) is 1. The summed E-state index contributed by atoms with van der Waals surface area (Å²) in [6.07, 6.45) is 3.54. The van der Waals surface area contributed by atoms with E-state index in [1.807, 2.05) is 4.90 Å². The molecular formula is C12H22ClN3O2. The Bertz CT molecular complexity index is 306. The van der Waals surface area contributed by atoms with Crippen molar-refractivity contribution in [2.45, 2.75) is 25.7 Å². The normalized spacial score (nSPS) is 25.3. The minimum Gasteiger partial charge on any atom is -0.369 e. The van der Waals surface area contributed by atoms with Gasteiger partial charge in [-0.2, -0.15) is 0 Å². The molecule has 1 unspecified atom stereocenters. The highest BCUT2D eigenvalue weighted by atomic mass is 35.5. The number of carbonyl (C=O) groups excluding carboxylic acids is 2. The van der Waals surface area contributed by atoms with Crippen LogP contribution in [0.4, 0.5) is 0 Å². The first kappa shape index (κ1) is 15.2. The molecule has 0 aromatic rings. The fraction of sp³-hybridized carbons (Fsp3) is 0.833. The van der Waals surface area contributed by atoms with Crippen molar-refractivity contribution in [1.29, 1.82) is 0 Å². The number of amides is 2. The standard InChI is InChI=1S/C12H21N3O2.ClH/c13-11(16)10-2-1-7-15(8-10)12(17)9-3-5-14-6-4-9;/h9-10,14H,1-8H2,(H2,13,16);1H. The van der Waals surface area contributed by atoms with Gasteiger partial charge in [-0.3, -0.25) is 9.59 Å². The number of nitrogens with one attached hydrogen (secondary N) is 1. The Morgan fingerprint density at radius 2 is 1.78 bits per heavy atom. The molecule has 0 aromatic heterocycles. The molecule has 0 spiro atoms. The lowest BCUT2D eigenvalue weighted by Gasteiger charge is -2.34. The summed E-state index contributed by atoms with van der Waals surface area (Å²) in [7, 11) is 0. The number of nitrogens with two attached hydrogens (primary N) is 1. The van der Waals surface area contributed by atoms with Gasteiger partial charge in [0.2, 0.25) is 11.8 Å². The zero-order chi connectivity index (χ0) is 12.3. The number of hydrogen-bond donors (Lipinski definition) is 2. The van der Waals surface area contributed by atoms with Gasteiger partial charge in [0.1, 0.15) is 0 Å². The molecule has 2 fully saturated rings. The van der Waals surface area contributed by atoms with Crippen LogP contribution >= 0.6 is 12.4 Å². The highest BCUT2D eigenvalue weighted by Crippen LogP contribution is 2.21. The van der Waals surface area contributed by atoms with Gasteiger partial charge in [0.05, 0.1) is 5.92 Å². The maximum absolute atomic E-state index is 12.3. The summed E-state index contributed by atoms with van der Waals surface area (Å²) in [5, 5.41) is 3.25. The molecule has 0 aliphatic carbocycles. The number of hydrogen-bond acceptors (Lipinski definition) is 3. The first-order valence-corrected chi connectivity index (χ1v) is 6.47. The van der Waals surface area contributed by atoms with Gasteiger partial charge in [-0.25, -0.2) is 0 Å². The van der Waals surface area contributed by atoms with E-state index in [0.717, 1.165) is 45.3 Å². The number of carbonyl (C=O) groups is 2. The average molecular weight is 276 g/mol. The zero-order valence-electron chi connectivity index (χ0n) is 10.6. The monoisotopic (exact) mass is 275 g/mol. The van der Waals surface area contributed by atoms with E-state index in [-0.39, 0.29) is 36.1 Å².